The van der Waals surface area contributed by atoms with E-state index in [4.69, 9.17) is 0 Å². The topological polar surface area (TPSA) is 99.2 Å². The van der Waals surface area contributed by atoms with Gasteiger partial charge in [0.25, 0.3) is 0 Å². The highest BCUT2D eigenvalue weighted by Gasteiger charge is 2.33. The Kier molecular flexibility index (Phi) is 4.20. The first-order valence-corrected chi connectivity index (χ1v) is 6.64. The second-order valence-corrected chi connectivity index (χ2v) is 4.95. The number of anilines is 3. The Balaban J connectivity index is 2.50. The molecule has 22 heavy (non-hydrogen) atoms. The number of hydrogen-bond donors (Lipinski definition) is 2. The molecule has 1 aromatic rings. The van der Waals surface area contributed by atoms with Gasteiger partial charge in [0.2, 0.25) is 5.91 Å². The van der Waals surface area contributed by atoms with Crippen LogP contribution in [-0.4, -0.2) is 42.9 Å². The molecule has 0 saturated heterocycles. The summed E-state index contributed by atoms with van der Waals surface area (Å²) in [5.41, 5.74) is 1.25. The Labute approximate surface area is 127 Å². The van der Waals surface area contributed by atoms with E-state index in [-0.39, 0.29) is 18.5 Å². The van der Waals surface area contributed by atoms with Crippen molar-refractivity contribution in [3.8, 4) is 0 Å². The molecule has 0 spiro atoms. The number of benzene rings is 1. The van der Waals surface area contributed by atoms with Crippen LogP contribution in [0.3, 0.4) is 0 Å². The molecule has 8 heteroatoms. The number of rotatable bonds is 1. The molecule has 1 atom stereocenters. The maximum absolute atomic E-state index is 11.9. The number of carbonyl (C=O) groups excluding carboxylic acids is 2. The zero-order chi connectivity index (χ0) is 16.4. The molecule has 0 aliphatic carbocycles. The summed E-state index contributed by atoms with van der Waals surface area (Å²) in [6.45, 7) is 3.36. The summed E-state index contributed by atoms with van der Waals surface area (Å²) in [4.78, 5) is 37.2. The van der Waals surface area contributed by atoms with Crippen LogP contribution in [0.5, 0.6) is 0 Å². The van der Waals surface area contributed by atoms with Crippen LogP contribution < -0.4 is 15.1 Å². The van der Waals surface area contributed by atoms with Gasteiger partial charge in [-0.05, 0) is 25.1 Å². The van der Waals surface area contributed by atoms with E-state index < -0.39 is 12.2 Å². The fourth-order valence-corrected chi connectivity index (χ4v) is 2.53. The monoisotopic (exact) mass is 307 g/mol. The van der Waals surface area contributed by atoms with Crippen LogP contribution in [0, 0.1) is 0 Å². The molecular formula is C14H17N3O5. The molecule has 1 aromatic carbocycles. The summed E-state index contributed by atoms with van der Waals surface area (Å²) in [5, 5.41) is 11.8. The van der Waals surface area contributed by atoms with Gasteiger partial charge in [-0.3, -0.25) is 15.0 Å². The predicted molar refractivity (Wildman–Crippen MR) is 80.5 cm³/mol. The lowest BCUT2D eigenvalue weighted by Gasteiger charge is -2.39. The second kappa shape index (κ2) is 5.92. The van der Waals surface area contributed by atoms with Gasteiger partial charge in [-0.25, -0.2) is 9.59 Å². The van der Waals surface area contributed by atoms with E-state index in [0.29, 0.717) is 17.1 Å². The van der Waals surface area contributed by atoms with E-state index >= 15 is 0 Å². The molecule has 2 N–H and O–H groups in total. The van der Waals surface area contributed by atoms with Crippen LogP contribution in [0.15, 0.2) is 18.2 Å². The van der Waals surface area contributed by atoms with Crippen LogP contribution in [0.25, 0.3) is 0 Å². The van der Waals surface area contributed by atoms with E-state index in [1.54, 1.807) is 25.1 Å². The Bertz CT molecular complexity index is 631. The lowest BCUT2D eigenvalue weighted by atomic mass is 10.1. The number of nitrogens with one attached hydrogen (secondary N) is 1. The minimum atomic E-state index is -1.09. The minimum absolute atomic E-state index is 0.186. The molecule has 1 heterocycles. The van der Waals surface area contributed by atoms with Gasteiger partial charge < -0.3 is 14.7 Å². The largest absolute Gasteiger partial charge is 0.465 e. The third kappa shape index (κ3) is 2.80. The van der Waals surface area contributed by atoms with E-state index in [9.17, 15) is 19.5 Å². The highest BCUT2D eigenvalue weighted by Crippen LogP contribution is 2.37. The molecule has 0 radical (unpaired) electrons. The van der Waals surface area contributed by atoms with Gasteiger partial charge in [-0.15, -0.1) is 0 Å². The summed E-state index contributed by atoms with van der Waals surface area (Å²) < 4.78 is 4.52. The molecule has 0 fully saturated rings. The number of hydrogen-bond acceptors (Lipinski definition) is 4. The first-order valence-electron chi connectivity index (χ1n) is 6.64. The van der Waals surface area contributed by atoms with Crippen LogP contribution in [0.2, 0.25) is 0 Å². The van der Waals surface area contributed by atoms with Gasteiger partial charge in [-0.2, -0.15) is 0 Å². The molecule has 1 aliphatic heterocycles. The van der Waals surface area contributed by atoms with E-state index in [0.717, 1.165) is 0 Å². The van der Waals surface area contributed by atoms with Crippen molar-refractivity contribution in [3.63, 3.8) is 0 Å². The van der Waals surface area contributed by atoms with Crippen molar-refractivity contribution >= 4 is 35.2 Å². The van der Waals surface area contributed by atoms with Crippen molar-refractivity contribution in [3.05, 3.63) is 18.2 Å². The van der Waals surface area contributed by atoms with Gasteiger partial charge >= 0.3 is 12.2 Å². The number of nitrogens with zero attached hydrogens (tertiary/aromatic N) is 2. The van der Waals surface area contributed by atoms with E-state index in [1.807, 2.05) is 0 Å². The first-order chi connectivity index (χ1) is 10.3. The summed E-state index contributed by atoms with van der Waals surface area (Å²) in [6, 6.07) is 4.35. The van der Waals surface area contributed by atoms with Gasteiger partial charge in [0, 0.05) is 19.2 Å². The van der Waals surface area contributed by atoms with Gasteiger partial charge in [0.1, 0.15) is 0 Å². The van der Waals surface area contributed by atoms with Gasteiger partial charge in [0.05, 0.1) is 24.5 Å². The molecule has 2 rings (SSSR count). The number of methoxy groups -OCH3 is 1. The number of fused-ring (bicyclic) bond motifs is 1. The highest BCUT2D eigenvalue weighted by atomic mass is 16.5. The number of carbonyl (C=O) groups is 3. The number of amides is 3. The normalized spacial score (nSPS) is 16.8. The number of carboxylic acid groups (broad SMARTS) is 1. The van der Waals surface area contributed by atoms with Gasteiger partial charge in [0.15, 0.2) is 0 Å². The van der Waals surface area contributed by atoms with E-state index in [2.05, 4.69) is 10.1 Å². The standard InChI is InChI=1S/C14H17N3O5/c1-8-7-16(14(20)21)11-5-4-10(15-13(19)22-3)6-12(11)17(8)9(2)18/h4-6,8H,7H2,1-3H3,(H,15,19)(H,20,21)/t8-/m0/s1. The van der Waals surface area contributed by atoms with Crippen LogP contribution >= 0.6 is 0 Å². The molecule has 118 valence electrons. The lowest BCUT2D eigenvalue weighted by Crippen LogP contribution is -2.51. The van der Waals surface area contributed by atoms with Crippen LogP contribution in [0.4, 0.5) is 26.7 Å². The Hall–Kier alpha value is -2.77. The molecule has 3 amide bonds. The molecule has 1 aliphatic rings. The highest BCUT2D eigenvalue weighted by molar-refractivity contribution is 6.03. The molecule has 8 nitrogen and oxygen atoms in total. The SMILES string of the molecule is COC(=O)Nc1ccc2c(c1)N(C(C)=O)[C@@H](C)CN2C(=O)O. The Morgan fingerprint density at radius 3 is 2.55 bits per heavy atom. The minimum Gasteiger partial charge on any atom is -0.465 e. The lowest BCUT2D eigenvalue weighted by molar-refractivity contribution is -0.117. The maximum Gasteiger partial charge on any atom is 0.411 e. The second-order valence-electron chi connectivity index (χ2n) is 4.95. The van der Waals surface area contributed by atoms with Crippen LogP contribution in [-0.2, 0) is 9.53 Å². The molecule has 0 unspecified atom stereocenters. The average Bonchev–Trinajstić information content (AvgIpc) is 2.45. The molecular weight excluding hydrogens is 290 g/mol. The van der Waals surface area contributed by atoms with Crippen molar-refractivity contribution in [2.24, 2.45) is 0 Å². The summed E-state index contributed by atoms with van der Waals surface area (Å²) in [5.74, 6) is -0.200. The van der Waals surface area contributed by atoms with Crippen molar-refractivity contribution in [2.75, 3.05) is 28.8 Å². The Morgan fingerprint density at radius 2 is 2.00 bits per heavy atom. The molecule has 0 aromatic heterocycles. The maximum atomic E-state index is 11.9. The van der Waals surface area contributed by atoms with Gasteiger partial charge in [-0.1, -0.05) is 0 Å². The fourth-order valence-electron chi connectivity index (χ4n) is 2.53. The third-order valence-corrected chi connectivity index (χ3v) is 3.42. The summed E-state index contributed by atoms with van der Waals surface area (Å²) in [7, 11) is 1.24. The molecule has 0 bridgehead atoms. The molecule has 0 saturated carbocycles. The predicted octanol–water partition coefficient (Wildman–Crippen LogP) is 2.10. The van der Waals surface area contributed by atoms with Crippen LogP contribution in [0.1, 0.15) is 13.8 Å². The first kappa shape index (κ1) is 15.6. The summed E-state index contributed by atoms with van der Waals surface area (Å²) in [6.07, 6.45) is -1.74. The average molecular weight is 307 g/mol. The quantitative estimate of drug-likeness (QED) is 0.827. The zero-order valence-electron chi connectivity index (χ0n) is 12.5. The number of ether oxygens (including phenoxy) is 1. The summed E-state index contributed by atoms with van der Waals surface area (Å²) >= 11 is 0. The van der Waals surface area contributed by atoms with E-state index in [1.165, 1.54) is 23.8 Å². The zero-order valence-corrected chi connectivity index (χ0v) is 12.5. The van der Waals surface area contributed by atoms with Crippen molar-refractivity contribution in [2.45, 2.75) is 19.9 Å². The van der Waals surface area contributed by atoms with Crippen molar-refractivity contribution in [1.29, 1.82) is 0 Å². The van der Waals surface area contributed by atoms with Crippen molar-refractivity contribution < 1.29 is 24.2 Å². The van der Waals surface area contributed by atoms with Crippen molar-refractivity contribution in [1.82, 2.24) is 0 Å². The third-order valence-electron chi connectivity index (χ3n) is 3.42. The Morgan fingerprint density at radius 1 is 1.32 bits per heavy atom. The fraction of sp³-hybridized carbons (Fsp3) is 0.357. The smallest absolute Gasteiger partial charge is 0.411 e.